The van der Waals surface area contributed by atoms with E-state index in [-0.39, 0.29) is 6.42 Å². The number of hydrogen-bond acceptors (Lipinski definition) is 15. The lowest BCUT2D eigenvalue weighted by molar-refractivity contribution is -0.376. The maximum Gasteiger partial charge on any atom is 0.187 e. The summed E-state index contributed by atoms with van der Waals surface area (Å²) in [6.45, 7) is 0.0191. The molecule has 0 aliphatic carbocycles. The first-order chi connectivity index (χ1) is 16.0. The maximum atomic E-state index is 10.7. The van der Waals surface area contributed by atoms with Gasteiger partial charge in [-0.05, 0) is 6.92 Å². The first-order valence-corrected chi connectivity index (χ1v) is 10.9. The molecule has 0 amide bonds. The molecule has 0 aromatic carbocycles. The fraction of sp³-hybridized carbons (Fsp3) is 1.00. The van der Waals surface area contributed by atoms with Crippen LogP contribution in [0.4, 0.5) is 0 Å². The van der Waals surface area contributed by atoms with Crippen LogP contribution in [0.2, 0.25) is 0 Å². The topological polar surface area (TPSA) is 248 Å². The molecule has 15 nitrogen and oxygen atoms in total. The molecule has 3 heterocycles. The highest BCUT2D eigenvalue weighted by atomic mass is 16.8. The molecule has 34 heavy (non-hydrogen) atoms. The van der Waals surface area contributed by atoms with Crippen molar-refractivity contribution in [2.45, 2.75) is 105 Å². The smallest absolute Gasteiger partial charge is 0.187 e. The van der Waals surface area contributed by atoms with Crippen molar-refractivity contribution in [2.75, 3.05) is 13.2 Å². The van der Waals surface area contributed by atoms with Gasteiger partial charge >= 0.3 is 0 Å². The maximum absolute atomic E-state index is 10.7. The molecule has 0 aromatic heterocycles. The van der Waals surface area contributed by atoms with E-state index in [0.717, 1.165) is 0 Å². The first kappa shape index (κ1) is 28.0. The monoisotopic (exact) mass is 502 g/mol. The van der Waals surface area contributed by atoms with Crippen molar-refractivity contribution in [3.63, 3.8) is 0 Å². The molecule has 3 rings (SSSR count). The van der Waals surface area contributed by atoms with E-state index in [0.29, 0.717) is 0 Å². The molecule has 3 fully saturated rings. The van der Waals surface area contributed by atoms with E-state index in [9.17, 15) is 51.1 Å². The molecule has 0 radical (unpaired) electrons. The van der Waals surface area contributed by atoms with Gasteiger partial charge in [-0.25, -0.2) is 0 Å². The van der Waals surface area contributed by atoms with Crippen LogP contribution in [0.5, 0.6) is 0 Å². The molecule has 3 saturated heterocycles. The summed E-state index contributed by atoms with van der Waals surface area (Å²) >= 11 is 0. The fourth-order valence-corrected chi connectivity index (χ4v) is 4.20. The molecule has 15 atom stereocenters. The number of hydrogen-bond donors (Lipinski definition) is 10. The molecule has 3 aliphatic rings. The van der Waals surface area contributed by atoms with Crippen LogP contribution in [-0.2, 0) is 23.7 Å². The molecule has 3 aliphatic heterocycles. The van der Waals surface area contributed by atoms with E-state index >= 15 is 0 Å². The third kappa shape index (κ3) is 5.69. The van der Waals surface area contributed by atoms with E-state index in [2.05, 4.69) is 0 Å². The summed E-state index contributed by atoms with van der Waals surface area (Å²) < 4.78 is 27.2. The minimum Gasteiger partial charge on any atom is -0.394 e. The van der Waals surface area contributed by atoms with Crippen molar-refractivity contribution in [3.8, 4) is 0 Å². The predicted molar refractivity (Wildman–Crippen MR) is 104 cm³/mol. The predicted octanol–water partition coefficient (Wildman–Crippen LogP) is -6.16. The molecule has 0 bridgehead atoms. The average Bonchev–Trinajstić information content (AvgIpc) is 2.89. The van der Waals surface area contributed by atoms with Gasteiger partial charge in [-0.15, -0.1) is 0 Å². The summed E-state index contributed by atoms with van der Waals surface area (Å²) in [4.78, 5) is 0. The van der Waals surface area contributed by atoms with Gasteiger partial charge in [-0.2, -0.15) is 0 Å². The van der Waals surface area contributed by atoms with E-state index in [4.69, 9.17) is 23.7 Å². The van der Waals surface area contributed by atoms with Gasteiger partial charge in [0.2, 0.25) is 0 Å². The molecule has 10 unspecified atom stereocenters. The van der Waals surface area contributed by atoms with Crippen LogP contribution in [-0.4, -0.2) is 156 Å². The Morgan fingerprint density at radius 2 is 1.21 bits per heavy atom. The number of aliphatic hydroxyl groups is 10. The first-order valence-electron chi connectivity index (χ1n) is 10.9. The lowest BCUT2D eigenvalue weighted by Gasteiger charge is -2.47. The van der Waals surface area contributed by atoms with E-state index in [1.54, 1.807) is 0 Å². The Kier molecular flexibility index (Phi) is 9.57. The van der Waals surface area contributed by atoms with Gasteiger partial charge in [-0.3, -0.25) is 0 Å². The zero-order valence-corrected chi connectivity index (χ0v) is 18.3. The quantitative estimate of drug-likeness (QED) is 0.162. The minimum atomic E-state index is -1.83. The fourth-order valence-electron chi connectivity index (χ4n) is 4.20. The van der Waals surface area contributed by atoms with E-state index in [1.807, 2.05) is 0 Å². The van der Waals surface area contributed by atoms with Crippen LogP contribution in [0.15, 0.2) is 0 Å². The number of rotatable bonds is 6. The second-order valence-corrected chi connectivity index (χ2v) is 8.74. The van der Waals surface area contributed by atoms with Gasteiger partial charge in [0.25, 0.3) is 0 Å². The van der Waals surface area contributed by atoms with Crippen molar-refractivity contribution < 1.29 is 74.7 Å². The van der Waals surface area contributed by atoms with Crippen molar-refractivity contribution in [2.24, 2.45) is 0 Å². The van der Waals surface area contributed by atoms with Crippen LogP contribution >= 0.6 is 0 Å². The summed E-state index contributed by atoms with van der Waals surface area (Å²) in [7, 11) is 0. The van der Waals surface area contributed by atoms with Crippen molar-refractivity contribution in [1.29, 1.82) is 0 Å². The molecule has 200 valence electrons. The van der Waals surface area contributed by atoms with Crippen molar-refractivity contribution >= 4 is 0 Å². The SMILES string of the molecule is CC1C[C@@H](O)C(O)C(O)[C@H](OC2C(O)[C@@H](O)C(CO)O[C@H]2O[C@@H]2C(CO)OC(O)C(O)C2O)O1. The van der Waals surface area contributed by atoms with Gasteiger partial charge in [-0.1, -0.05) is 0 Å². The Labute approximate surface area is 194 Å². The Bertz CT molecular complexity index is 639. The molecule has 0 spiro atoms. The largest absolute Gasteiger partial charge is 0.394 e. The second kappa shape index (κ2) is 11.6. The highest BCUT2D eigenvalue weighted by molar-refractivity contribution is 4.95. The summed E-state index contributed by atoms with van der Waals surface area (Å²) in [5.74, 6) is 0. The zero-order chi connectivity index (χ0) is 25.3. The summed E-state index contributed by atoms with van der Waals surface area (Å²) in [6, 6.07) is 0. The van der Waals surface area contributed by atoms with Gasteiger partial charge in [0, 0.05) is 6.42 Å². The summed E-state index contributed by atoms with van der Waals surface area (Å²) in [6.07, 6.45) is -23.8. The lowest BCUT2D eigenvalue weighted by atomic mass is 9.96. The highest BCUT2D eigenvalue weighted by Crippen LogP contribution is 2.32. The molecule has 0 aromatic rings. The van der Waals surface area contributed by atoms with Crippen LogP contribution in [0.3, 0.4) is 0 Å². The van der Waals surface area contributed by atoms with Gasteiger partial charge in [0.05, 0.1) is 25.4 Å². The van der Waals surface area contributed by atoms with Crippen LogP contribution in [0.25, 0.3) is 0 Å². The number of aliphatic hydroxyl groups excluding tert-OH is 10. The second-order valence-electron chi connectivity index (χ2n) is 8.74. The summed E-state index contributed by atoms with van der Waals surface area (Å²) in [5, 5.41) is 101. The lowest BCUT2D eigenvalue weighted by Crippen LogP contribution is -2.65. The Hall–Kier alpha value is -0.600. The van der Waals surface area contributed by atoms with Gasteiger partial charge in [0.1, 0.15) is 61.0 Å². The minimum absolute atomic E-state index is 0.0407. The molecule has 0 saturated carbocycles. The third-order valence-corrected chi connectivity index (χ3v) is 6.21. The van der Waals surface area contributed by atoms with E-state index in [1.165, 1.54) is 6.92 Å². The normalized spacial score (nSPS) is 52.9. The Morgan fingerprint density at radius 3 is 1.82 bits per heavy atom. The van der Waals surface area contributed by atoms with Crippen LogP contribution < -0.4 is 0 Å². The Balaban J connectivity index is 1.85. The van der Waals surface area contributed by atoms with Crippen LogP contribution in [0.1, 0.15) is 13.3 Å². The number of ether oxygens (including phenoxy) is 5. The molecule has 10 N–H and O–H groups in total. The third-order valence-electron chi connectivity index (χ3n) is 6.21. The zero-order valence-electron chi connectivity index (χ0n) is 18.3. The highest BCUT2D eigenvalue weighted by Gasteiger charge is 2.52. The van der Waals surface area contributed by atoms with Gasteiger partial charge < -0.3 is 74.7 Å². The summed E-state index contributed by atoms with van der Waals surface area (Å²) in [5.41, 5.74) is 0. The Morgan fingerprint density at radius 1 is 0.618 bits per heavy atom. The standard InChI is InChI=1S/C19H34O15/c1-5-2-6(22)9(23)14(28)18(30-5)34-16-11(25)10(24)7(3-20)32-19(16)33-15-8(4-21)31-17(29)13(27)12(15)26/h5-29H,2-4H2,1H3/t5?,6-,7?,8?,9?,10+,11?,12?,13?,14?,15-,16?,17?,18+,19+/m1/s1. The van der Waals surface area contributed by atoms with Crippen molar-refractivity contribution in [3.05, 3.63) is 0 Å². The van der Waals surface area contributed by atoms with Crippen LogP contribution in [0, 0.1) is 0 Å². The van der Waals surface area contributed by atoms with E-state index < -0.39 is 105 Å². The molecular weight excluding hydrogens is 468 g/mol. The average molecular weight is 502 g/mol. The van der Waals surface area contributed by atoms with Crippen molar-refractivity contribution in [1.82, 2.24) is 0 Å². The molecular formula is C19H34O15. The molecule has 15 heteroatoms. The van der Waals surface area contributed by atoms with Gasteiger partial charge in [0.15, 0.2) is 18.9 Å².